The first-order valence-electron chi connectivity index (χ1n) is 10.8. The molecule has 1 fully saturated rings. The molecule has 1 N–H and O–H groups in total. The lowest BCUT2D eigenvalue weighted by Crippen LogP contribution is -2.47. The van der Waals surface area contributed by atoms with Crippen LogP contribution in [-0.2, 0) is 4.79 Å². The summed E-state index contributed by atoms with van der Waals surface area (Å²) in [5, 5.41) is 2.90. The number of nitrogens with one attached hydrogen (secondary N) is 1. The Balaban J connectivity index is 1.30. The number of nitrogens with zero attached hydrogens (tertiary/aromatic N) is 2. The van der Waals surface area contributed by atoms with E-state index in [9.17, 15) is 14.0 Å². The van der Waals surface area contributed by atoms with Crippen molar-refractivity contribution in [2.45, 2.75) is 6.42 Å². The Hall–Kier alpha value is -3.51. The Kier molecular flexibility index (Phi) is 6.92. The van der Waals surface area contributed by atoms with Crippen molar-refractivity contribution < 1.29 is 14.0 Å². The molecule has 164 valence electrons. The second kappa shape index (κ2) is 10.2. The fourth-order valence-corrected chi connectivity index (χ4v) is 3.93. The van der Waals surface area contributed by atoms with Crippen molar-refractivity contribution in [2.24, 2.45) is 0 Å². The largest absolute Gasteiger partial charge is 0.367 e. The van der Waals surface area contributed by atoms with Crippen LogP contribution in [0.3, 0.4) is 0 Å². The zero-order valence-electron chi connectivity index (χ0n) is 17.8. The zero-order chi connectivity index (χ0) is 22.3. The highest BCUT2D eigenvalue weighted by Crippen LogP contribution is 2.21. The van der Waals surface area contributed by atoms with E-state index in [2.05, 4.69) is 10.2 Å². The third kappa shape index (κ3) is 5.21. The summed E-state index contributed by atoms with van der Waals surface area (Å²) in [7, 11) is 0. The van der Waals surface area contributed by atoms with E-state index in [1.165, 1.54) is 6.07 Å². The minimum atomic E-state index is -0.205. The van der Waals surface area contributed by atoms with E-state index in [1.54, 1.807) is 48.5 Å². The fourth-order valence-electron chi connectivity index (χ4n) is 3.93. The Morgan fingerprint density at radius 1 is 0.812 bits per heavy atom. The van der Waals surface area contributed by atoms with Gasteiger partial charge in [0.1, 0.15) is 5.82 Å². The molecule has 0 spiro atoms. The van der Waals surface area contributed by atoms with Crippen LogP contribution in [0.2, 0.25) is 0 Å². The van der Waals surface area contributed by atoms with E-state index in [4.69, 9.17) is 0 Å². The molecule has 0 saturated carbocycles. The molecule has 0 aromatic heterocycles. The van der Waals surface area contributed by atoms with Crippen molar-refractivity contribution in [1.29, 1.82) is 0 Å². The molecule has 3 aromatic rings. The monoisotopic (exact) mass is 431 g/mol. The normalized spacial score (nSPS) is 14.2. The molecule has 0 atom stereocenters. The van der Waals surface area contributed by atoms with Crippen LogP contribution < -0.4 is 10.2 Å². The van der Waals surface area contributed by atoms with Crippen molar-refractivity contribution in [1.82, 2.24) is 4.90 Å². The standard InChI is InChI=1S/C26H26FN3O2/c27-22-11-5-7-13-24(22)30-18-16-29(17-19-30)15-14-25(31)28-23-12-6-4-10-21(23)26(32)20-8-2-1-3-9-20/h1-13H,14-19H2,(H,28,31). The van der Waals surface area contributed by atoms with Crippen LogP contribution in [0.1, 0.15) is 22.3 Å². The number of piperazine rings is 1. The number of carbonyl (C=O) groups excluding carboxylic acids is 2. The number of halogens is 1. The van der Waals surface area contributed by atoms with E-state index in [0.717, 1.165) is 26.2 Å². The average molecular weight is 432 g/mol. The number of anilines is 2. The maximum absolute atomic E-state index is 14.0. The fraction of sp³-hybridized carbons (Fsp3) is 0.231. The first kappa shape index (κ1) is 21.7. The number of hydrogen-bond donors (Lipinski definition) is 1. The minimum Gasteiger partial charge on any atom is -0.367 e. The molecule has 0 unspecified atom stereocenters. The van der Waals surface area contributed by atoms with Gasteiger partial charge < -0.3 is 10.2 Å². The molecule has 6 heteroatoms. The summed E-state index contributed by atoms with van der Waals surface area (Å²) in [6, 6.07) is 22.9. The van der Waals surface area contributed by atoms with Gasteiger partial charge >= 0.3 is 0 Å². The SMILES string of the molecule is O=C(CCN1CCN(c2ccccc2F)CC1)Nc1ccccc1C(=O)c1ccccc1. The van der Waals surface area contributed by atoms with Gasteiger partial charge in [-0.25, -0.2) is 4.39 Å². The topological polar surface area (TPSA) is 52.7 Å². The maximum Gasteiger partial charge on any atom is 0.225 e. The molecular weight excluding hydrogens is 405 g/mol. The summed E-state index contributed by atoms with van der Waals surface area (Å²) in [5.74, 6) is -0.454. The van der Waals surface area contributed by atoms with Gasteiger partial charge in [0.15, 0.2) is 5.78 Å². The van der Waals surface area contributed by atoms with E-state index in [1.807, 2.05) is 29.2 Å². The lowest BCUT2D eigenvalue weighted by atomic mass is 10.0. The Morgan fingerprint density at radius 2 is 1.47 bits per heavy atom. The Morgan fingerprint density at radius 3 is 2.22 bits per heavy atom. The number of carbonyl (C=O) groups is 2. The third-order valence-corrected chi connectivity index (χ3v) is 5.70. The molecule has 32 heavy (non-hydrogen) atoms. The Labute approximate surface area is 187 Å². The summed E-state index contributed by atoms with van der Waals surface area (Å²) in [4.78, 5) is 29.7. The number of benzene rings is 3. The van der Waals surface area contributed by atoms with E-state index in [-0.39, 0.29) is 17.5 Å². The molecule has 4 rings (SSSR count). The second-order valence-corrected chi connectivity index (χ2v) is 7.82. The third-order valence-electron chi connectivity index (χ3n) is 5.70. The quantitative estimate of drug-likeness (QED) is 0.570. The van der Waals surface area contributed by atoms with Crippen molar-refractivity contribution in [2.75, 3.05) is 42.9 Å². The van der Waals surface area contributed by atoms with Crippen LogP contribution in [0, 0.1) is 5.82 Å². The molecule has 1 aliphatic rings. The van der Waals surface area contributed by atoms with Crippen LogP contribution in [-0.4, -0.2) is 49.3 Å². The number of hydrogen-bond acceptors (Lipinski definition) is 4. The van der Waals surface area contributed by atoms with Gasteiger partial charge in [-0.15, -0.1) is 0 Å². The number of amides is 1. The van der Waals surface area contributed by atoms with Gasteiger partial charge in [-0.1, -0.05) is 54.6 Å². The van der Waals surface area contributed by atoms with Gasteiger partial charge in [-0.3, -0.25) is 14.5 Å². The molecule has 1 aliphatic heterocycles. The zero-order valence-corrected chi connectivity index (χ0v) is 17.8. The summed E-state index contributed by atoms with van der Waals surface area (Å²) in [5.41, 5.74) is 2.22. The highest BCUT2D eigenvalue weighted by atomic mass is 19.1. The molecule has 1 amide bonds. The maximum atomic E-state index is 14.0. The molecule has 1 heterocycles. The highest BCUT2D eigenvalue weighted by Gasteiger charge is 2.20. The number of ketones is 1. The van der Waals surface area contributed by atoms with E-state index < -0.39 is 0 Å². The van der Waals surface area contributed by atoms with Crippen LogP contribution in [0.15, 0.2) is 78.9 Å². The van der Waals surface area contributed by atoms with Gasteiger partial charge in [-0.2, -0.15) is 0 Å². The number of rotatable bonds is 7. The molecule has 0 bridgehead atoms. The van der Waals surface area contributed by atoms with E-state index in [0.29, 0.717) is 35.5 Å². The molecule has 0 radical (unpaired) electrons. The van der Waals surface area contributed by atoms with Gasteiger partial charge in [0.25, 0.3) is 0 Å². The summed E-state index contributed by atoms with van der Waals surface area (Å²) in [6.45, 7) is 3.59. The van der Waals surface area contributed by atoms with Crippen molar-refractivity contribution in [3.05, 3.63) is 95.8 Å². The molecule has 3 aromatic carbocycles. The predicted molar refractivity (Wildman–Crippen MR) is 125 cm³/mol. The average Bonchev–Trinajstić information content (AvgIpc) is 2.84. The smallest absolute Gasteiger partial charge is 0.225 e. The van der Waals surface area contributed by atoms with E-state index >= 15 is 0 Å². The first-order chi connectivity index (χ1) is 15.6. The summed E-state index contributed by atoms with van der Waals surface area (Å²) in [6.07, 6.45) is 0.327. The summed E-state index contributed by atoms with van der Waals surface area (Å²) >= 11 is 0. The second-order valence-electron chi connectivity index (χ2n) is 7.82. The molecule has 0 aliphatic carbocycles. The Bertz CT molecular complexity index is 1080. The van der Waals surface area contributed by atoms with Crippen LogP contribution in [0.5, 0.6) is 0 Å². The van der Waals surface area contributed by atoms with Crippen LogP contribution >= 0.6 is 0 Å². The minimum absolute atomic E-state index is 0.120. The highest BCUT2D eigenvalue weighted by molar-refractivity contribution is 6.13. The van der Waals surface area contributed by atoms with Crippen LogP contribution in [0.4, 0.5) is 15.8 Å². The molecular formula is C26H26FN3O2. The number of para-hydroxylation sites is 2. The van der Waals surface area contributed by atoms with Crippen molar-refractivity contribution in [3.63, 3.8) is 0 Å². The van der Waals surface area contributed by atoms with Crippen LogP contribution in [0.25, 0.3) is 0 Å². The van der Waals surface area contributed by atoms with Crippen molar-refractivity contribution in [3.8, 4) is 0 Å². The lowest BCUT2D eigenvalue weighted by molar-refractivity contribution is -0.116. The van der Waals surface area contributed by atoms with Crippen molar-refractivity contribution >= 4 is 23.1 Å². The van der Waals surface area contributed by atoms with Gasteiger partial charge in [-0.05, 0) is 24.3 Å². The predicted octanol–water partition coefficient (Wildman–Crippen LogP) is 4.21. The first-order valence-corrected chi connectivity index (χ1v) is 10.8. The van der Waals surface area contributed by atoms with Gasteiger partial charge in [0.05, 0.1) is 11.4 Å². The van der Waals surface area contributed by atoms with Gasteiger partial charge in [0.2, 0.25) is 5.91 Å². The molecule has 1 saturated heterocycles. The van der Waals surface area contributed by atoms with Gasteiger partial charge in [0, 0.05) is 50.3 Å². The summed E-state index contributed by atoms with van der Waals surface area (Å²) < 4.78 is 14.0. The molecule has 5 nitrogen and oxygen atoms in total. The lowest BCUT2D eigenvalue weighted by Gasteiger charge is -2.36.